The molecule has 1 aromatic heterocycles. The molecule has 1 saturated heterocycles. The summed E-state index contributed by atoms with van der Waals surface area (Å²) in [6.07, 6.45) is 2.20. The molecule has 1 fully saturated rings. The zero-order valence-electron chi connectivity index (χ0n) is 16.5. The Hall–Kier alpha value is -3.68. The second-order valence-corrected chi connectivity index (χ2v) is 7.20. The number of ether oxygens (including phenoxy) is 1. The van der Waals surface area contributed by atoms with Crippen molar-refractivity contribution in [1.82, 2.24) is 4.90 Å². The van der Waals surface area contributed by atoms with Crippen molar-refractivity contribution in [3.63, 3.8) is 0 Å². The lowest BCUT2D eigenvalue weighted by atomic mass is 10.1. The molecule has 0 atom stereocenters. The van der Waals surface area contributed by atoms with Gasteiger partial charge in [0.1, 0.15) is 11.9 Å². The molecule has 8 heteroatoms. The number of nitrogens with one attached hydrogen (secondary N) is 1. The molecule has 1 N–H and O–H groups in total. The first-order valence-electron chi connectivity index (χ1n) is 9.85. The van der Waals surface area contributed by atoms with Crippen molar-refractivity contribution < 1.29 is 27.5 Å². The minimum atomic E-state index is -0.744. The summed E-state index contributed by atoms with van der Waals surface area (Å²) in [6.45, 7) is 0.880. The van der Waals surface area contributed by atoms with Gasteiger partial charge in [-0.05, 0) is 42.5 Å². The average Bonchev–Trinajstić information content (AvgIpc) is 3.31. The van der Waals surface area contributed by atoms with Gasteiger partial charge >= 0.3 is 0 Å². The van der Waals surface area contributed by atoms with Crippen molar-refractivity contribution in [2.75, 3.05) is 18.4 Å². The Bertz CT molecular complexity index is 1080. The number of amides is 2. The van der Waals surface area contributed by atoms with Gasteiger partial charge in [-0.3, -0.25) is 9.59 Å². The number of anilines is 1. The molecule has 0 aliphatic carbocycles. The number of halogens is 2. The molecule has 1 aliphatic rings. The molecule has 0 spiro atoms. The minimum absolute atomic E-state index is 0.00572. The minimum Gasteiger partial charge on any atom is -0.487 e. The van der Waals surface area contributed by atoms with Crippen LogP contribution < -0.4 is 10.1 Å². The van der Waals surface area contributed by atoms with Crippen LogP contribution in [0.2, 0.25) is 0 Å². The van der Waals surface area contributed by atoms with E-state index in [4.69, 9.17) is 9.15 Å². The molecule has 2 amide bonds. The number of likely N-dealkylation sites (tertiary alicyclic amines) is 1. The lowest BCUT2D eigenvalue weighted by Crippen LogP contribution is -2.41. The molecule has 31 heavy (non-hydrogen) atoms. The van der Waals surface area contributed by atoms with Crippen molar-refractivity contribution in [2.45, 2.75) is 18.9 Å². The number of hydrogen-bond donors (Lipinski definition) is 1. The first-order valence-corrected chi connectivity index (χ1v) is 9.85. The maximum atomic E-state index is 13.8. The van der Waals surface area contributed by atoms with Gasteiger partial charge in [0.15, 0.2) is 17.3 Å². The van der Waals surface area contributed by atoms with Gasteiger partial charge in [0.2, 0.25) is 0 Å². The summed E-state index contributed by atoms with van der Waals surface area (Å²) >= 11 is 0. The van der Waals surface area contributed by atoms with Crippen LogP contribution in [0.3, 0.4) is 0 Å². The van der Waals surface area contributed by atoms with E-state index in [1.165, 1.54) is 12.3 Å². The summed E-state index contributed by atoms with van der Waals surface area (Å²) in [4.78, 5) is 26.7. The first kappa shape index (κ1) is 20.6. The Morgan fingerprint density at radius 1 is 1.03 bits per heavy atom. The van der Waals surface area contributed by atoms with Crippen molar-refractivity contribution in [3.8, 4) is 5.75 Å². The van der Waals surface area contributed by atoms with Crippen molar-refractivity contribution in [1.29, 1.82) is 0 Å². The van der Waals surface area contributed by atoms with Crippen molar-refractivity contribution in [2.24, 2.45) is 0 Å². The van der Waals surface area contributed by atoms with Crippen LogP contribution in [-0.2, 0) is 0 Å². The van der Waals surface area contributed by atoms with E-state index in [-0.39, 0.29) is 23.5 Å². The number of rotatable bonds is 5. The fraction of sp³-hybridized carbons (Fsp3) is 0.217. The zero-order valence-corrected chi connectivity index (χ0v) is 16.5. The third-order valence-corrected chi connectivity index (χ3v) is 5.03. The Balaban J connectivity index is 1.34. The van der Waals surface area contributed by atoms with Gasteiger partial charge < -0.3 is 19.4 Å². The highest BCUT2D eigenvalue weighted by molar-refractivity contribution is 6.03. The fourth-order valence-corrected chi connectivity index (χ4v) is 3.44. The summed E-state index contributed by atoms with van der Waals surface area (Å²) < 4.78 is 37.5. The summed E-state index contributed by atoms with van der Waals surface area (Å²) in [6, 6.07) is 13.0. The molecule has 1 aliphatic heterocycles. The first-order chi connectivity index (χ1) is 15.0. The summed E-state index contributed by atoms with van der Waals surface area (Å²) in [5, 5.41) is 2.70. The highest BCUT2D eigenvalue weighted by Gasteiger charge is 2.25. The van der Waals surface area contributed by atoms with Gasteiger partial charge in [0.05, 0.1) is 6.26 Å². The van der Waals surface area contributed by atoms with Crippen LogP contribution in [0.25, 0.3) is 0 Å². The molecule has 6 nitrogen and oxygen atoms in total. The van der Waals surface area contributed by atoms with Crippen LogP contribution in [0.5, 0.6) is 5.75 Å². The second-order valence-electron chi connectivity index (χ2n) is 7.20. The van der Waals surface area contributed by atoms with Gasteiger partial charge in [-0.25, -0.2) is 8.78 Å². The molecule has 2 aromatic carbocycles. The number of piperidine rings is 1. The van der Waals surface area contributed by atoms with Crippen LogP contribution in [0.15, 0.2) is 65.3 Å². The number of hydrogen-bond acceptors (Lipinski definition) is 4. The molecule has 2 heterocycles. The van der Waals surface area contributed by atoms with Gasteiger partial charge in [-0.2, -0.15) is 0 Å². The van der Waals surface area contributed by atoms with Crippen LogP contribution in [0.1, 0.15) is 33.8 Å². The number of nitrogens with zero attached hydrogens (tertiary/aromatic N) is 1. The largest absolute Gasteiger partial charge is 0.487 e. The molecule has 0 unspecified atom stereocenters. The van der Waals surface area contributed by atoms with E-state index in [0.717, 1.165) is 12.1 Å². The molecular formula is C23H20F2N2O4. The third-order valence-electron chi connectivity index (χ3n) is 5.03. The van der Waals surface area contributed by atoms with Crippen LogP contribution in [0, 0.1) is 11.6 Å². The van der Waals surface area contributed by atoms with E-state index < -0.39 is 17.5 Å². The smallest absolute Gasteiger partial charge is 0.291 e. The lowest BCUT2D eigenvalue weighted by molar-refractivity contribution is 0.0588. The summed E-state index contributed by atoms with van der Waals surface area (Å²) in [7, 11) is 0. The van der Waals surface area contributed by atoms with Crippen LogP contribution >= 0.6 is 0 Å². The van der Waals surface area contributed by atoms with Gasteiger partial charge in [-0.1, -0.05) is 6.07 Å². The summed E-state index contributed by atoms with van der Waals surface area (Å²) in [5.74, 6) is -1.79. The molecule has 0 saturated carbocycles. The number of benzene rings is 2. The van der Waals surface area contributed by atoms with Crippen molar-refractivity contribution >= 4 is 17.5 Å². The number of carbonyl (C=O) groups is 2. The quantitative estimate of drug-likeness (QED) is 0.652. The van der Waals surface area contributed by atoms with Crippen molar-refractivity contribution in [3.05, 3.63) is 83.8 Å². The SMILES string of the molecule is O=C(Nc1cccc(C(=O)N2CCC(Oc3ccc(F)cc3F)CC2)c1)c1ccco1. The Labute approximate surface area is 177 Å². The Kier molecular flexibility index (Phi) is 5.97. The molecular weight excluding hydrogens is 406 g/mol. The van der Waals surface area contributed by atoms with Crippen LogP contribution in [0.4, 0.5) is 14.5 Å². The van der Waals surface area contributed by atoms with E-state index >= 15 is 0 Å². The second kappa shape index (κ2) is 8.99. The van der Waals surface area contributed by atoms with Gasteiger partial charge in [0.25, 0.3) is 11.8 Å². The third kappa shape index (κ3) is 4.91. The predicted molar refractivity (Wildman–Crippen MR) is 109 cm³/mol. The average molecular weight is 426 g/mol. The van der Waals surface area contributed by atoms with Gasteiger partial charge in [0, 0.05) is 43.2 Å². The van der Waals surface area contributed by atoms with E-state index in [9.17, 15) is 18.4 Å². The highest BCUT2D eigenvalue weighted by Crippen LogP contribution is 2.24. The highest BCUT2D eigenvalue weighted by atomic mass is 19.1. The fourth-order valence-electron chi connectivity index (χ4n) is 3.44. The predicted octanol–water partition coefficient (Wildman–Crippen LogP) is 4.49. The monoisotopic (exact) mass is 426 g/mol. The lowest BCUT2D eigenvalue weighted by Gasteiger charge is -2.32. The maximum absolute atomic E-state index is 13.8. The standard InChI is InChI=1S/C23H20F2N2O4/c24-16-6-7-20(19(25)14-16)31-18-8-10-27(11-9-18)23(29)15-3-1-4-17(13-15)26-22(28)21-5-2-12-30-21/h1-7,12-14,18H,8-11H2,(H,26,28). The van der Waals surface area contributed by atoms with E-state index in [0.29, 0.717) is 37.2 Å². The molecule has 0 bridgehead atoms. The van der Waals surface area contributed by atoms with Gasteiger partial charge in [-0.15, -0.1) is 0 Å². The Morgan fingerprint density at radius 3 is 2.55 bits per heavy atom. The molecule has 3 aromatic rings. The zero-order chi connectivity index (χ0) is 21.8. The molecule has 0 radical (unpaired) electrons. The van der Waals surface area contributed by atoms with E-state index in [1.54, 1.807) is 41.3 Å². The molecule has 160 valence electrons. The maximum Gasteiger partial charge on any atom is 0.291 e. The van der Waals surface area contributed by atoms with Crippen LogP contribution in [-0.4, -0.2) is 35.9 Å². The topological polar surface area (TPSA) is 71.8 Å². The number of furan rings is 1. The molecule has 4 rings (SSSR count). The van der Waals surface area contributed by atoms with E-state index in [2.05, 4.69) is 5.32 Å². The summed E-state index contributed by atoms with van der Waals surface area (Å²) in [5.41, 5.74) is 0.929. The van der Waals surface area contributed by atoms with E-state index in [1.807, 2.05) is 0 Å². The number of carbonyl (C=O) groups excluding carboxylic acids is 2. The Morgan fingerprint density at radius 2 is 1.84 bits per heavy atom. The normalized spacial score (nSPS) is 14.3.